The number of fused-ring (bicyclic) bond motifs is 3. The first-order chi connectivity index (χ1) is 23.2. The molecule has 8 aromatic rings. The zero-order valence-corrected chi connectivity index (χ0v) is 26.6. The lowest BCUT2D eigenvalue weighted by molar-refractivity contribution is 1.06. The van der Waals surface area contributed by atoms with Gasteiger partial charge in [-0.15, -0.1) is 0 Å². The highest BCUT2D eigenvalue weighted by molar-refractivity contribution is 6.08. The van der Waals surface area contributed by atoms with Crippen molar-refractivity contribution in [2.24, 2.45) is 0 Å². The molecule has 0 saturated carbocycles. The van der Waals surface area contributed by atoms with Crippen LogP contribution in [-0.2, 0) is 6.42 Å². The Morgan fingerprint density at radius 2 is 0.894 bits per heavy atom. The Balaban J connectivity index is 1.39. The SMILES string of the molecule is CCc1cc(-c2cccc(-c3cc(-c4ccccc4)c(-c4ccccc4)cc3-c3ccccc3)c2)c2ccc3ccc(C)nc3c2n1. The second kappa shape index (κ2) is 12.2. The van der Waals surface area contributed by atoms with Crippen LogP contribution in [0.25, 0.3) is 77.4 Å². The molecule has 0 radical (unpaired) electrons. The van der Waals surface area contributed by atoms with Crippen molar-refractivity contribution in [1.29, 1.82) is 0 Å². The van der Waals surface area contributed by atoms with Crippen LogP contribution in [-0.4, -0.2) is 9.97 Å². The molecule has 0 aliphatic carbocycles. The second-order valence-corrected chi connectivity index (χ2v) is 12.1. The number of aromatic nitrogens is 2. The molecule has 0 N–H and O–H groups in total. The van der Waals surface area contributed by atoms with Crippen molar-refractivity contribution in [1.82, 2.24) is 9.97 Å². The lowest BCUT2D eigenvalue weighted by Gasteiger charge is -2.19. The number of aryl methyl sites for hydroxylation is 2. The van der Waals surface area contributed by atoms with Crippen LogP contribution < -0.4 is 0 Å². The van der Waals surface area contributed by atoms with Gasteiger partial charge in [0, 0.05) is 22.2 Å². The minimum Gasteiger partial charge on any atom is -0.251 e. The Hall–Kier alpha value is -5.86. The molecule has 0 saturated heterocycles. The lowest BCUT2D eigenvalue weighted by Crippen LogP contribution is -1.95. The Morgan fingerprint density at radius 1 is 0.404 bits per heavy atom. The van der Waals surface area contributed by atoms with E-state index in [0.29, 0.717) is 0 Å². The average molecular weight is 603 g/mol. The maximum Gasteiger partial charge on any atom is 0.0974 e. The Morgan fingerprint density at radius 3 is 1.45 bits per heavy atom. The van der Waals surface area contributed by atoms with Gasteiger partial charge in [0.1, 0.15) is 0 Å². The average Bonchev–Trinajstić information content (AvgIpc) is 3.15. The maximum absolute atomic E-state index is 5.10. The zero-order valence-electron chi connectivity index (χ0n) is 26.6. The highest BCUT2D eigenvalue weighted by Gasteiger charge is 2.18. The highest BCUT2D eigenvalue weighted by Crippen LogP contribution is 2.43. The fourth-order valence-electron chi connectivity index (χ4n) is 6.70. The van der Waals surface area contributed by atoms with Gasteiger partial charge in [-0.2, -0.15) is 0 Å². The molecule has 0 spiro atoms. The number of hydrogen-bond acceptors (Lipinski definition) is 2. The zero-order chi connectivity index (χ0) is 31.7. The van der Waals surface area contributed by atoms with Crippen molar-refractivity contribution in [3.8, 4) is 55.6 Å². The molecular formula is C45H34N2. The standard InChI is InChI=1S/C45H34N2/c1-3-37-27-39(38-25-24-34-23-22-30(2)46-44(34)45(38)47-37)35-20-13-21-36(26-35)43-29-41(32-16-9-5-10-17-32)40(31-14-7-4-8-15-31)28-42(43)33-18-11-6-12-19-33/h4-29H,3H2,1-2H3. The molecule has 6 aromatic carbocycles. The molecule has 0 unspecified atom stereocenters. The van der Waals surface area contributed by atoms with E-state index in [0.717, 1.165) is 39.6 Å². The van der Waals surface area contributed by atoms with Gasteiger partial charge in [0.05, 0.1) is 11.0 Å². The number of pyridine rings is 2. The van der Waals surface area contributed by atoms with Crippen molar-refractivity contribution in [2.45, 2.75) is 20.3 Å². The van der Waals surface area contributed by atoms with Gasteiger partial charge in [-0.1, -0.05) is 134 Å². The number of hydrogen-bond donors (Lipinski definition) is 0. The van der Waals surface area contributed by atoms with E-state index in [1.54, 1.807) is 0 Å². The summed E-state index contributed by atoms with van der Waals surface area (Å²) in [6, 6.07) is 56.9. The molecule has 2 heterocycles. The normalized spacial score (nSPS) is 11.3. The summed E-state index contributed by atoms with van der Waals surface area (Å²) in [6.07, 6.45) is 0.852. The Kier molecular flexibility index (Phi) is 7.39. The van der Waals surface area contributed by atoms with Gasteiger partial charge in [0.15, 0.2) is 0 Å². The predicted molar refractivity (Wildman–Crippen MR) is 198 cm³/mol. The van der Waals surface area contributed by atoms with Gasteiger partial charge in [-0.25, -0.2) is 0 Å². The van der Waals surface area contributed by atoms with Gasteiger partial charge >= 0.3 is 0 Å². The third-order valence-corrected chi connectivity index (χ3v) is 9.09. The first kappa shape index (κ1) is 28.6. The van der Waals surface area contributed by atoms with E-state index in [4.69, 9.17) is 9.97 Å². The fourth-order valence-corrected chi connectivity index (χ4v) is 6.70. The Labute approximate surface area is 276 Å². The molecule has 0 aliphatic heterocycles. The molecule has 2 heteroatoms. The summed E-state index contributed by atoms with van der Waals surface area (Å²) >= 11 is 0. The van der Waals surface area contributed by atoms with Crippen molar-refractivity contribution in [3.05, 3.63) is 169 Å². The number of benzene rings is 6. The molecule has 0 atom stereocenters. The van der Waals surface area contributed by atoms with E-state index in [9.17, 15) is 0 Å². The minimum absolute atomic E-state index is 0.852. The van der Waals surface area contributed by atoms with Crippen molar-refractivity contribution in [3.63, 3.8) is 0 Å². The van der Waals surface area contributed by atoms with Crippen LogP contribution in [0.5, 0.6) is 0 Å². The van der Waals surface area contributed by atoms with Crippen LogP contribution in [0.3, 0.4) is 0 Å². The first-order valence-corrected chi connectivity index (χ1v) is 16.3. The molecule has 2 nitrogen and oxygen atoms in total. The van der Waals surface area contributed by atoms with Crippen molar-refractivity contribution in [2.75, 3.05) is 0 Å². The van der Waals surface area contributed by atoms with Gasteiger partial charge in [0.25, 0.3) is 0 Å². The number of rotatable bonds is 6. The van der Waals surface area contributed by atoms with E-state index >= 15 is 0 Å². The maximum atomic E-state index is 5.10. The molecule has 0 bridgehead atoms. The first-order valence-electron chi connectivity index (χ1n) is 16.3. The second-order valence-electron chi connectivity index (χ2n) is 12.1. The Bertz CT molecular complexity index is 2380. The summed E-state index contributed by atoms with van der Waals surface area (Å²) in [4.78, 5) is 10.0. The van der Waals surface area contributed by atoms with E-state index in [2.05, 4.69) is 165 Å². The molecule has 8 rings (SSSR count). The monoisotopic (exact) mass is 602 g/mol. The van der Waals surface area contributed by atoms with Crippen LogP contribution in [0.4, 0.5) is 0 Å². The highest BCUT2D eigenvalue weighted by atomic mass is 14.8. The molecular weight excluding hydrogens is 569 g/mol. The van der Waals surface area contributed by atoms with Crippen LogP contribution in [0.2, 0.25) is 0 Å². The van der Waals surface area contributed by atoms with Crippen molar-refractivity contribution < 1.29 is 0 Å². The van der Waals surface area contributed by atoms with Gasteiger partial charge < -0.3 is 0 Å². The summed E-state index contributed by atoms with van der Waals surface area (Å²) in [7, 11) is 0. The van der Waals surface area contributed by atoms with E-state index < -0.39 is 0 Å². The van der Waals surface area contributed by atoms with Gasteiger partial charge in [-0.05, 0) is 99.3 Å². The van der Waals surface area contributed by atoms with Crippen LogP contribution in [0.15, 0.2) is 158 Å². The molecule has 0 amide bonds. The largest absolute Gasteiger partial charge is 0.251 e. The van der Waals surface area contributed by atoms with E-state index in [-0.39, 0.29) is 0 Å². The topological polar surface area (TPSA) is 25.8 Å². The van der Waals surface area contributed by atoms with E-state index in [1.807, 2.05) is 6.92 Å². The quantitative estimate of drug-likeness (QED) is 0.177. The molecule has 224 valence electrons. The molecule has 0 fully saturated rings. The van der Waals surface area contributed by atoms with Gasteiger partial charge in [0.2, 0.25) is 0 Å². The van der Waals surface area contributed by atoms with E-state index in [1.165, 1.54) is 55.6 Å². The summed E-state index contributed by atoms with van der Waals surface area (Å²) < 4.78 is 0. The smallest absolute Gasteiger partial charge is 0.0974 e. The van der Waals surface area contributed by atoms with Crippen LogP contribution >= 0.6 is 0 Å². The summed E-state index contributed by atoms with van der Waals surface area (Å²) in [6.45, 7) is 4.22. The number of nitrogens with zero attached hydrogens (tertiary/aromatic N) is 2. The summed E-state index contributed by atoms with van der Waals surface area (Å²) in [5, 5.41) is 2.24. The third kappa shape index (κ3) is 5.38. The molecule has 47 heavy (non-hydrogen) atoms. The lowest BCUT2D eigenvalue weighted by atomic mass is 9.85. The van der Waals surface area contributed by atoms with Crippen LogP contribution in [0, 0.1) is 6.92 Å². The fraction of sp³-hybridized carbons (Fsp3) is 0.0667. The molecule has 0 aliphatic rings. The predicted octanol–water partition coefficient (Wildman–Crippen LogP) is 12.0. The van der Waals surface area contributed by atoms with Crippen LogP contribution in [0.1, 0.15) is 18.3 Å². The summed E-state index contributed by atoms with van der Waals surface area (Å²) in [5.41, 5.74) is 16.0. The minimum atomic E-state index is 0.852. The summed E-state index contributed by atoms with van der Waals surface area (Å²) in [5.74, 6) is 0. The van der Waals surface area contributed by atoms with Crippen molar-refractivity contribution >= 4 is 21.8 Å². The van der Waals surface area contributed by atoms with Gasteiger partial charge in [-0.3, -0.25) is 9.97 Å². The molecule has 2 aromatic heterocycles. The third-order valence-electron chi connectivity index (χ3n) is 9.09.